The first-order chi connectivity index (χ1) is 9.49. The van der Waals surface area contributed by atoms with Gasteiger partial charge in [0.15, 0.2) is 6.23 Å². The van der Waals surface area contributed by atoms with Crippen molar-refractivity contribution in [3.8, 4) is 0 Å². The molecule has 0 radical (unpaired) electrons. The van der Waals surface area contributed by atoms with E-state index < -0.39 is 42.4 Å². The van der Waals surface area contributed by atoms with E-state index in [-0.39, 0.29) is 12.1 Å². The van der Waals surface area contributed by atoms with Crippen LogP contribution >= 0.6 is 0 Å². The number of aromatic amines is 1. The molecule has 9 nitrogen and oxygen atoms in total. The Morgan fingerprint density at radius 2 is 2.10 bits per heavy atom. The van der Waals surface area contributed by atoms with Crippen LogP contribution in [-0.4, -0.2) is 56.8 Å². The second-order valence-corrected chi connectivity index (χ2v) is 4.58. The molecule has 1 aliphatic heterocycles. The van der Waals surface area contributed by atoms with Crippen molar-refractivity contribution < 1.29 is 20.1 Å². The predicted molar refractivity (Wildman–Crippen MR) is 67.1 cm³/mol. The molecule has 0 aromatic carbocycles. The van der Waals surface area contributed by atoms with E-state index in [0.717, 1.165) is 4.57 Å². The molecule has 9 heteroatoms. The van der Waals surface area contributed by atoms with E-state index in [1.807, 2.05) is 0 Å². The monoisotopic (exact) mass is 287 g/mol. The van der Waals surface area contributed by atoms with E-state index in [9.17, 15) is 19.8 Å². The summed E-state index contributed by atoms with van der Waals surface area (Å²) in [7, 11) is 1.64. The van der Waals surface area contributed by atoms with Crippen molar-refractivity contribution in [2.75, 3.05) is 13.7 Å². The average molecular weight is 287 g/mol. The third kappa shape index (κ3) is 2.53. The number of aromatic nitrogens is 2. The summed E-state index contributed by atoms with van der Waals surface area (Å²) >= 11 is 0. The predicted octanol–water partition coefficient (Wildman–Crippen LogP) is -3.13. The first-order valence-corrected chi connectivity index (χ1v) is 6.11. The molecule has 0 aliphatic carbocycles. The topological polar surface area (TPSA) is 137 Å². The van der Waals surface area contributed by atoms with Gasteiger partial charge in [-0.15, -0.1) is 0 Å². The molecule has 1 saturated heterocycles. The molecular weight excluding hydrogens is 270 g/mol. The summed E-state index contributed by atoms with van der Waals surface area (Å²) in [4.78, 5) is 25.5. The molecule has 1 aliphatic rings. The van der Waals surface area contributed by atoms with Crippen molar-refractivity contribution in [1.82, 2.24) is 14.9 Å². The van der Waals surface area contributed by atoms with Gasteiger partial charge in [-0.3, -0.25) is 14.3 Å². The van der Waals surface area contributed by atoms with E-state index in [2.05, 4.69) is 10.3 Å². The maximum atomic E-state index is 11.8. The van der Waals surface area contributed by atoms with Crippen LogP contribution in [0.5, 0.6) is 0 Å². The highest BCUT2D eigenvalue weighted by Gasteiger charge is 2.43. The molecule has 1 aromatic rings. The molecule has 20 heavy (non-hydrogen) atoms. The Labute approximate surface area is 113 Å². The number of ether oxygens (including phenoxy) is 1. The van der Waals surface area contributed by atoms with Gasteiger partial charge in [0.1, 0.15) is 18.3 Å². The fraction of sp³-hybridized carbons (Fsp3) is 0.636. The first-order valence-electron chi connectivity index (χ1n) is 6.11. The van der Waals surface area contributed by atoms with Crippen molar-refractivity contribution in [3.63, 3.8) is 0 Å². The van der Waals surface area contributed by atoms with Gasteiger partial charge in [0.2, 0.25) is 0 Å². The lowest BCUT2D eigenvalue weighted by atomic mass is 10.1. The van der Waals surface area contributed by atoms with Crippen LogP contribution in [0, 0.1) is 0 Å². The molecule has 1 unspecified atom stereocenters. The highest BCUT2D eigenvalue weighted by molar-refractivity contribution is 5.05. The molecule has 0 amide bonds. The normalized spacial score (nSPS) is 29.8. The number of hydrogen-bond donors (Lipinski definition) is 5. The smallest absolute Gasteiger partial charge is 0.330 e. The summed E-state index contributed by atoms with van der Waals surface area (Å²) in [5.41, 5.74) is -1.01. The van der Waals surface area contributed by atoms with Gasteiger partial charge in [-0.05, 0) is 7.05 Å². The molecule has 2 rings (SSSR count). The Hall–Kier alpha value is -1.52. The van der Waals surface area contributed by atoms with Crippen LogP contribution in [-0.2, 0) is 11.3 Å². The van der Waals surface area contributed by atoms with Gasteiger partial charge < -0.3 is 25.4 Å². The zero-order valence-corrected chi connectivity index (χ0v) is 10.8. The molecule has 0 saturated carbocycles. The molecule has 1 aromatic heterocycles. The molecule has 4 atom stereocenters. The summed E-state index contributed by atoms with van der Waals surface area (Å²) in [5.74, 6) is 0. The summed E-state index contributed by atoms with van der Waals surface area (Å²) in [6, 6.07) is 0. The third-order valence-electron chi connectivity index (χ3n) is 3.20. The summed E-state index contributed by atoms with van der Waals surface area (Å²) in [5, 5.41) is 31.3. The lowest BCUT2D eigenvalue weighted by molar-refractivity contribution is -0.0551. The lowest BCUT2D eigenvalue weighted by Gasteiger charge is -2.17. The fourth-order valence-corrected chi connectivity index (χ4v) is 2.14. The number of rotatable bonds is 4. The van der Waals surface area contributed by atoms with E-state index >= 15 is 0 Å². The Morgan fingerprint density at radius 3 is 2.65 bits per heavy atom. The van der Waals surface area contributed by atoms with Crippen LogP contribution in [0.4, 0.5) is 0 Å². The van der Waals surface area contributed by atoms with Crippen molar-refractivity contribution in [3.05, 3.63) is 32.6 Å². The molecule has 0 bridgehead atoms. The number of aliphatic hydroxyl groups excluding tert-OH is 3. The Bertz CT molecular complexity index is 582. The van der Waals surface area contributed by atoms with Crippen molar-refractivity contribution >= 4 is 0 Å². The minimum Gasteiger partial charge on any atom is -0.394 e. The molecule has 0 spiro atoms. The van der Waals surface area contributed by atoms with Gasteiger partial charge in [0.25, 0.3) is 5.56 Å². The van der Waals surface area contributed by atoms with Crippen LogP contribution in [0.2, 0.25) is 0 Å². The van der Waals surface area contributed by atoms with Gasteiger partial charge in [-0.2, -0.15) is 0 Å². The molecule has 1 fully saturated rings. The quantitative estimate of drug-likeness (QED) is 0.395. The fourth-order valence-electron chi connectivity index (χ4n) is 2.14. The first kappa shape index (κ1) is 14.9. The second kappa shape index (κ2) is 5.85. The Morgan fingerprint density at radius 1 is 1.40 bits per heavy atom. The SMILES string of the molecule is CNCc1cn([C@@H]2O[C@H](CO)[C@H](O)C2O)c(=O)[nH]c1=O. The van der Waals surface area contributed by atoms with Crippen molar-refractivity contribution in [1.29, 1.82) is 0 Å². The van der Waals surface area contributed by atoms with Crippen molar-refractivity contribution in [2.45, 2.75) is 31.1 Å². The van der Waals surface area contributed by atoms with E-state index in [0.29, 0.717) is 0 Å². The Kier molecular flexibility index (Phi) is 4.35. The number of H-pyrrole nitrogens is 1. The molecule has 112 valence electrons. The van der Waals surface area contributed by atoms with Crippen LogP contribution in [0.15, 0.2) is 15.8 Å². The summed E-state index contributed by atoms with van der Waals surface area (Å²) < 4.78 is 6.24. The summed E-state index contributed by atoms with van der Waals surface area (Å²) in [6.45, 7) is -0.263. The standard InChI is InChI=1S/C11H17N3O6/c1-12-2-5-3-14(11(19)13-9(5)18)10-8(17)7(16)6(4-15)20-10/h3,6-8,10,12,15-17H,2,4H2,1H3,(H,13,18,19)/t6-,7+,8?,10-/m1/s1. The van der Waals surface area contributed by atoms with Crippen LogP contribution in [0.25, 0.3) is 0 Å². The second-order valence-electron chi connectivity index (χ2n) is 4.58. The van der Waals surface area contributed by atoms with E-state index in [4.69, 9.17) is 9.84 Å². The summed E-state index contributed by atoms with van der Waals surface area (Å²) in [6.07, 6.45) is -3.57. The van der Waals surface area contributed by atoms with Crippen LogP contribution in [0.1, 0.15) is 11.8 Å². The zero-order chi connectivity index (χ0) is 14.9. The lowest BCUT2D eigenvalue weighted by Crippen LogP contribution is -2.39. The number of nitrogens with zero attached hydrogens (tertiary/aromatic N) is 1. The highest BCUT2D eigenvalue weighted by atomic mass is 16.6. The molecular formula is C11H17N3O6. The largest absolute Gasteiger partial charge is 0.394 e. The van der Waals surface area contributed by atoms with Gasteiger partial charge in [-0.1, -0.05) is 0 Å². The average Bonchev–Trinajstić information content (AvgIpc) is 2.70. The minimum absolute atomic E-state index is 0.227. The third-order valence-corrected chi connectivity index (χ3v) is 3.20. The van der Waals surface area contributed by atoms with Gasteiger partial charge in [-0.25, -0.2) is 4.79 Å². The van der Waals surface area contributed by atoms with Crippen LogP contribution in [0.3, 0.4) is 0 Å². The highest BCUT2D eigenvalue weighted by Crippen LogP contribution is 2.27. The zero-order valence-electron chi connectivity index (χ0n) is 10.8. The van der Waals surface area contributed by atoms with E-state index in [1.165, 1.54) is 6.20 Å². The van der Waals surface area contributed by atoms with Gasteiger partial charge >= 0.3 is 5.69 Å². The van der Waals surface area contributed by atoms with Crippen LogP contribution < -0.4 is 16.6 Å². The Balaban J connectivity index is 2.40. The van der Waals surface area contributed by atoms with Crippen molar-refractivity contribution in [2.24, 2.45) is 0 Å². The molecule has 2 heterocycles. The number of aliphatic hydroxyl groups is 3. The van der Waals surface area contributed by atoms with Gasteiger partial charge in [0, 0.05) is 18.3 Å². The van der Waals surface area contributed by atoms with E-state index in [1.54, 1.807) is 7.05 Å². The maximum absolute atomic E-state index is 11.8. The molecule has 5 N–H and O–H groups in total. The number of nitrogens with one attached hydrogen (secondary N) is 2. The van der Waals surface area contributed by atoms with Gasteiger partial charge in [0.05, 0.1) is 6.61 Å². The maximum Gasteiger partial charge on any atom is 0.330 e. The number of hydrogen-bond acceptors (Lipinski definition) is 7. The minimum atomic E-state index is -1.38.